The minimum absolute atomic E-state index is 0.118. The molecule has 0 saturated heterocycles. The number of hydrogen-bond acceptors (Lipinski definition) is 4. The molecule has 10 heteroatoms. The van der Waals surface area contributed by atoms with Crippen LogP contribution in [0.25, 0.3) is 10.9 Å². The minimum Gasteiger partial charge on any atom is -0.388 e. The van der Waals surface area contributed by atoms with Crippen LogP contribution in [0.5, 0.6) is 0 Å². The Morgan fingerprint density at radius 3 is 2.42 bits per heavy atom. The number of nitrogens with zero attached hydrogens (tertiary/aromatic N) is 1. The fourth-order valence-corrected chi connectivity index (χ4v) is 2.97. The second-order valence-corrected chi connectivity index (χ2v) is 7.90. The third-order valence-electron chi connectivity index (χ3n) is 3.91. The Balaban J connectivity index is 2.86. The average Bonchev–Trinajstić information content (AvgIpc) is 2.55. The molecule has 1 aromatic heterocycles. The van der Waals surface area contributed by atoms with Crippen LogP contribution in [0.4, 0.5) is 13.2 Å². The summed E-state index contributed by atoms with van der Waals surface area (Å²) in [7, 11) is -0.593. The first-order chi connectivity index (χ1) is 12.0. The zero-order chi connectivity index (χ0) is 19.8. The van der Waals surface area contributed by atoms with Gasteiger partial charge in [0.1, 0.15) is 0 Å². The molecular weight excluding hydrogens is 371 g/mol. The lowest BCUT2D eigenvalue weighted by atomic mass is 9.93. The van der Waals surface area contributed by atoms with Gasteiger partial charge in [-0.3, -0.25) is 9.63 Å². The molecule has 0 bridgehead atoms. The van der Waals surface area contributed by atoms with Crippen LogP contribution in [0.15, 0.2) is 21.7 Å². The highest BCUT2D eigenvalue weighted by molar-refractivity contribution is 8.15. The Kier molecular flexibility index (Phi) is 5.67. The van der Waals surface area contributed by atoms with Crippen molar-refractivity contribution in [3.05, 3.63) is 44.1 Å². The third-order valence-corrected chi connectivity index (χ3v) is 5.09. The highest BCUT2D eigenvalue weighted by Crippen LogP contribution is 2.38. The van der Waals surface area contributed by atoms with Gasteiger partial charge in [0.2, 0.25) is 0 Å². The molecule has 144 valence electrons. The summed E-state index contributed by atoms with van der Waals surface area (Å²) in [5, 5.41) is 11.8. The number of fused-ring (bicyclic) bond motifs is 1. The number of alkyl halides is 3. The molecular formula is C16H20F3N3O3S. The largest absolute Gasteiger partial charge is 0.416 e. The number of aromatic amines is 1. The molecule has 2 rings (SSSR count). The van der Waals surface area contributed by atoms with Crippen molar-refractivity contribution in [1.29, 1.82) is 0 Å². The van der Waals surface area contributed by atoms with E-state index in [9.17, 15) is 27.9 Å². The van der Waals surface area contributed by atoms with Crippen LogP contribution in [0.1, 0.15) is 38.0 Å². The van der Waals surface area contributed by atoms with Crippen molar-refractivity contribution in [3.8, 4) is 0 Å². The third kappa shape index (κ3) is 3.85. The zero-order valence-corrected chi connectivity index (χ0v) is 15.5. The summed E-state index contributed by atoms with van der Waals surface area (Å²) in [6, 6.07) is 1.70. The van der Waals surface area contributed by atoms with E-state index < -0.39 is 51.2 Å². The molecule has 2 unspecified atom stereocenters. The van der Waals surface area contributed by atoms with Gasteiger partial charge in [-0.05, 0) is 42.2 Å². The second-order valence-electron chi connectivity index (χ2n) is 6.13. The van der Waals surface area contributed by atoms with E-state index in [0.29, 0.717) is 6.07 Å². The lowest BCUT2D eigenvalue weighted by molar-refractivity contribution is -0.139. The van der Waals surface area contributed by atoms with E-state index >= 15 is 0 Å². The van der Waals surface area contributed by atoms with Crippen LogP contribution in [-0.2, 0) is 6.18 Å². The van der Waals surface area contributed by atoms with E-state index in [0.717, 1.165) is 10.7 Å². The summed E-state index contributed by atoms with van der Waals surface area (Å²) in [4.78, 5) is 29.7. The Bertz CT molecular complexity index is 977. The molecule has 2 aromatic rings. The van der Waals surface area contributed by atoms with Crippen LogP contribution in [0.3, 0.4) is 0 Å². The SMILES string of the molecule is C/C=S(\C)Nn1c(=O)[nH]c2cc(C(F)(F)F)c(C(O)C(C)C)cc2c1=O. The summed E-state index contributed by atoms with van der Waals surface area (Å²) in [6.07, 6.45) is -4.42. The maximum absolute atomic E-state index is 13.4. The van der Waals surface area contributed by atoms with Gasteiger partial charge in [-0.25, -0.2) is 4.79 Å². The number of rotatable bonds is 4. The first-order valence-electron chi connectivity index (χ1n) is 7.76. The number of H-pyrrole nitrogens is 1. The molecule has 2 atom stereocenters. The molecule has 1 aromatic carbocycles. The van der Waals surface area contributed by atoms with E-state index in [1.165, 1.54) is 0 Å². The minimum atomic E-state index is -4.74. The van der Waals surface area contributed by atoms with E-state index in [4.69, 9.17) is 0 Å². The van der Waals surface area contributed by atoms with Gasteiger partial charge < -0.3 is 10.1 Å². The quantitative estimate of drug-likeness (QED) is 0.699. The van der Waals surface area contributed by atoms with Crippen molar-refractivity contribution in [1.82, 2.24) is 9.66 Å². The van der Waals surface area contributed by atoms with Crippen molar-refractivity contribution in [2.75, 3.05) is 11.1 Å². The maximum Gasteiger partial charge on any atom is 0.416 e. The van der Waals surface area contributed by atoms with E-state index in [2.05, 4.69) is 9.82 Å². The van der Waals surface area contributed by atoms with Crippen LogP contribution in [0.2, 0.25) is 0 Å². The van der Waals surface area contributed by atoms with Gasteiger partial charge in [0.25, 0.3) is 5.56 Å². The molecule has 3 N–H and O–H groups in total. The molecule has 1 heterocycles. The maximum atomic E-state index is 13.4. The first-order valence-corrected chi connectivity index (χ1v) is 9.46. The predicted octanol–water partition coefficient (Wildman–Crippen LogP) is 2.58. The number of benzene rings is 1. The van der Waals surface area contributed by atoms with Crippen molar-refractivity contribution in [3.63, 3.8) is 0 Å². The molecule has 0 fully saturated rings. The molecule has 0 saturated carbocycles. The fourth-order valence-electron chi connectivity index (χ4n) is 2.41. The Hall–Kier alpha value is -2.07. The molecule has 0 aliphatic heterocycles. The summed E-state index contributed by atoms with van der Waals surface area (Å²) < 4.78 is 40.9. The van der Waals surface area contributed by atoms with Crippen LogP contribution >= 0.6 is 10.7 Å². The summed E-state index contributed by atoms with van der Waals surface area (Å²) in [5.41, 5.74) is -3.36. The monoisotopic (exact) mass is 391 g/mol. The summed E-state index contributed by atoms with van der Waals surface area (Å²) in [5.74, 6) is -0.493. The zero-order valence-electron chi connectivity index (χ0n) is 14.6. The van der Waals surface area contributed by atoms with Gasteiger partial charge in [-0.15, -0.1) is 0 Å². The predicted molar refractivity (Wildman–Crippen MR) is 98.2 cm³/mol. The molecule has 0 radical (unpaired) electrons. The van der Waals surface area contributed by atoms with Crippen molar-refractivity contribution < 1.29 is 18.3 Å². The first kappa shape index (κ1) is 20.2. The Morgan fingerprint density at radius 1 is 1.31 bits per heavy atom. The van der Waals surface area contributed by atoms with Crippen LogP contribution in [0, 0.1) is 5.92 Å². The van der Waals surface area contributed by atoms with E-state index in [1.807, 2.05) is 0 Å². The Morgan fingerprint density at radius 2 is 1.92 bits per heavy atom. The standard InChI is InChI=1S/C16H20F3N3O3S/c1-5-26(4)21-22-14(24)10-6-9(13(23)8(2)3)11(16(17,18)19)7-12(10)20-15(22)25/h5-8,13,21,23H,1-4H3,(H,20,25). The Labute approximate surface area is 149 Å². The van der Waals surface area contributed by atoms with Gasteiger partial charge in [0.05, 0.1) is 22.6 Å². The lowest BCUT2D eigenvalue weighted by Gasteiger charge is -2.21. The van der Waals surface area contributed by atoms with Crippen LogP contribution < -0.4 is 16.1 Å². The average molecular weight is 391 g/mol. The van der Waals surface area contributed by atoms with Crippen LogP contribution in [-0.4, -0.2) is 26.4 Å². The molecule has 0 amide bonds. The fraction of sp³-hybridized carbons (Fsp3) is 0.438. The van der Waals surface area contributed by atoms with Crippen molar-refractivity contribution >= 4 is 26.9 Å². The van der Waals surface area contributed by atoms with Gasteiger partial charge in [0.15, 0.2) is 0 Å². The molecule has 0 aliphatic carbocycles. The van der Waals surface area contributed by atoms with Crippen molar-refractivity contribution in [2.45, 2.75) is 33.1 Å². The van der Waals surface area contributed by atoms with Crippen molar-refractivity contribution in [2.24, 2.45) is 5.92 Å². The van der Waals surface area contributed by atoms with Gasteiger partial charge in [-0.1, -0.05) is 24.5 Å². The summed E-state index contributed by atoms with van der Waals surface area (Å²) >= 11 is 0. The molecule has 0 aliphatic rings. The number of aromatic nitrogens is 2. The number of aliphatic hydroxyl groups is 1. The topological polar surface area (TPSA) is 87.1 Å². The van der Waals surface area contributed by atoms with Gasteiger partial charge in [-0.2, -0.15) is 17.8 Å². The molecule has 26 heavy (non-hydrogen) atoms. The number of aliphatic hydroxyl groups excluding tert-OH is 1. The van der Waals surface area contributed by atoms with E-state index in [-0.39, 0.29) is 10.9 Å². The number of hydrogen-bond donors (Lipinski definition) is 3. The molecule has 6 nitrogen and oxygen atoms in total. The number of halogens is 3. The lowest BCUT2D eigenvalue weighted by Crippen LogP contribution is -2.39. The summed E-state index contributed by atoms with van der Waals surface area (Å²) in [6.45, 7) is 4.88. The molecule has 0 spiro atoms. The highest BCUT2D eigenvalue weighted by Gasteiger charge is 2.36. The van der Waals surface area contributed by atoms with E-state index in [1.54, 1.807) is 32.4 Å². The highest BCUT2D eigenvalue weighted by atomic mass is 32.2. The normalized spacial score (nSPS) is 14.8. The van der Waals surface area contributed by atoms with Gasteiger partial charge >= 0.3 is 11.9 Å². The smallest absolute Gasteiger partial charge is 0.388 e. The number of nitrogens with one attached hydrogen (secondary N) is 2. The second kappa shape index (κ2) is 7.28. The van der Waals surface area contributed by atoms with Gasteiger partial charge in [0, 0.05) is 0 Å².